The molecule has 0 saturated heterocycles. The van der Waals surface area contributed by atoms with Gasteiger partial charge in [-0.1, -0.05) is 25.4 Å². The fourth-order valence-corrected chi connectivity index (χ4v) is 2.82. The Kier molecular flexibility index (Phi) is 5.43. The van der Waals surface area contributed by atoms with Gasteiger partial charge in [-0.15, -0.1) is 11.3 Å². The molecule has 1 rings (SSSR count). The predicted molar refractivity (Wildman–Crippen MR) is 71.7 cm³/mol. The van der Waals surface area contributed by atoms with Gasteiger partial charge in [0.2, 0.25) is 0 Å². The summed E-state index contributed by atoms with van der Waals surface area (Å²) in [6.07, 6.45) is 1.26. The van der Waals surface area contributed by atoms with Crippen LogP contribution in [0.25, 0.3) is 0 Å². The summed E-state index contributed by atoms with van der Waals surface area (Å²) in [7, 11) is 0. The molecule has 0 aliphatic rings. The van der Waals surface area contributed by atoms with Crippen molar-refractivity contribution in [2.75, 3.05) is 6.54 Å². The molecule has 0 aromatic carbocycles. The Morgan fingerprint density at radius 1 is 1.53 bits per heavy atom. The van der Waals surface area contributed by atoms with Crippen LogP contribution in [0.4, 0.5) is 0 Å². The lowest BCUT2D eigenvalue weighted by atomic mass is 9.82. The van der Waals surface area contributed by atoms with E-state index in [-0.39, 0.29) is 0 Å². The average Bonchev–Trinajstić information content (AvgIpc) is 2.70. The molecule has 0 fully saturated rings. The van der Waals surface area contributed by atoms with Crippen molar-refractivity contribution >= 4 is 28.9 Å². The molecule has 0 unspecified atom stereocenters. The molecule has 0 atom stereocenters. The Labute approximate surface area is 111 Å². The van der Waals surface area contributed by atoms with Crippen LogP contribution in [0, 0.1) is 5.41 Å². The van der Waals surface area contributed by atoms with Crippen LogP contribution in [0.15, 0.2) is 11.4 Å². The van der Waals surface area contributed by atoms with Crippen molar-refractivity contribution in [3.05, 3.63) is 21.3 Å². The van der Waals surface area contributed by atoms with E-state index in [9.17, 15) is 9.90 Å². The number of hydrogen-bond donors (Lipinski definition) is 2. The van der Waals surface area contributed by atoms with E-state index in [1.807, 2.05) is 25.3 Å². The van der Waals surface area contributed by atoms with Crippen molar-refractivity contribution in [2.24, 2.45) is 5.41 Å². The number of thiophene rings is 1. The van der Waals surface area contributed by atoms with E-state index >= 15 is 0 Å². The first-order valence-electron chi connectivity index (χ1n) is 5.71. The largest absolute Gasteiger partial charge is 0.481 e. The third-order valence-electron chi connectivity index (χ3n) is 3.25. The van der Waals surface area contributed by atoms with Gasteiger partial charge >= 0.3 is 5.97 Å². The Morgan fingerprint density at radius 2 is 2.18 bits per heavy atom. The second kappa shape index (κ2) is 6.38. The van der Waals surface area contributed by atoms with Gasteiger partial charge < -0.3 is 10.4 Å². The summed E-state index contributed by atoms with van der Waals surface area (Å²) in [6.45, 7) is 4.93. The number of carboxylic acids is 1. The zero-order chi connectivity index (χ0) is 12.9. The van der Waals surface area contributed by atoms with E-state index in [1.54, 1.807) is 11.3 Å². The third kappa shape index (κ3) is 3.44. The molecule has 96 valence electrons. The van der Waals surface area contributed by atoms with Crippen LogP contribution in [0.3, 0.4) is 0 Å². The van der Waals surface area contributed by atoms with Crippen molar-refractivity contribution < 1.29 is 9.90 Å². The molecule has 0 aliphatic heterocycles. The van der Waals surface area contributed by atoms with E-state index in [4.69, 9.17) is 11.6 Å². The van der Waals surface area contributed by atoms with E-state index in [2.05, 4.69) is 5.32 Å². The predicted octanol–water partition coefficient (Wildman–Crippen LogP) is 3.38. The molecular formula is C12H18ClNO2S. The quantitative estimate of drug-likeness (QED) is 0.802. The van der Waals surface area contributed by atoms with Crippen LogP contribution < -0.4 is 5.32 Å². The molecule has 5 heteroatoms. The average molecular weight is 276 g/mol. The normalized spacial score (nSPS) is 11.7. The molecule has 0 aliphatic carbocycles. The molecule has 3 nitrogen and oxygen atoms in total. The first kappa shape index (κ1) is 14.5. The van der Waals surface area contributed by atoms with Gasteiger partial charge in [0, 0.05) is 18.0 Å². The Balaban J connectivity index is 2.54. The molecule has 0 radical (unpaired) electrons. The summed E-state index contributed by atoms with van der Waals surface area (Å²) in [5.41, 5.74) is -0.663. The number of carboxylic acid groups (broad SMARTS) is 1. The van der Waals surface area contributed by atoms with Crippen LogP contribution in [-0.2, 0) is 11.3 Å². The number of nitrogens with one attached hydrogen (secondary N) is 1. The summed E-state index contributed by atoms with van der Waals surface area (Å²) in [6, 6.07) is 1.85. The Bertz CT molecular complexity index is 374. The summed E-state index contributed by atoms with van der Waals surface area (Å²) < 4.78 is 0. The molecular weight excluding hydrogens is 258 g/mol. The van der Waals surface area contributed by atoms with Gasteiger partial charge in [-0.05, 0) is 24.3 Å². The van der Waals surface area contributed by atoms with E-state index in [0.29, 0.717) is 25.9 Å². The van der Waals surface area contributed by atoms with Crippen molar-refractivity contribution in [1.82, 2.24) is 5.32 Å². The fourth-order valence-electron chi connectivity index (χ4n) is 1.74. The van der Waals surface area contributed by atoms with Crippen LogP contribution in [0.5, 0.6) is 0 Å². The molecule has 2 N–H and O–H groups in total. The first-order chi connectivity index (χ1) is 8.05. The maximum atomic E-state index is 11.3. The smallest absolute Gasteiger partial charge is 0.310 e. The Hall–Kier alpha value is -0.580. The second-order valence-corrected chi connectivity index (χ2v) is 5.50. The lowest BCUT2D eigenvalue weighted by Gasteiger charge is -2.26. The molecule has 0 spiro atoms. The van der Waals surface area contributed by atoms with Gasteiger partial charge in [0.15, 0.2) is 0 Å². The number of aliphatic carboxylic acids is 1. The zero-order valence-corrected chi connectivity index (χ0v) is 11.7. The van der Waals surface area contributed by atoms with Crippen molar-refractivity contribution in [3.63, 3.8) is 0 Å². The minimum Gasteiger partial charge on any atom is -0.481 e. The highest BCUT2D eigenvalue weighted by Crippen LogP contribution is 2.27. The molecule has 0 bridgehead atoms. The summed E-state index contributed by atoms with van der Waals surface area (Å²) >= 11 is 7.56. The second-order valence-electron chi connectivity index (χ2n) is 4.09. The highest BCUT2D eigenvalue weighted by atomic mass is 35.5. The number of hydrogen-bond acceptors (Lipinski definition) is 3. The molecule has 1 aromatic rings. The maximum Gasteiger partial charge on any atom is 0.310 e. The highest BCUT2D eigenvalue weighted by Gasteiger charge is 2.34. The van der Waals surface area contributed by atoms with Crippen LogP contribution in [-0.4, -0.2) is 17.6 Å². The van der Waals surface area contributed by atoms with Gasteiger partial charge in [0.1, 0.15) is 0 Å². The molecule has 1 heterocycles. The molecule has 1 aromatic heterocycles. The third-order valence-corrected chi connectivity index (χ3v) is 4.63. The van der Waals surface area contributed by atoms with Gasteiger partial charge in [0.25, 0.3) is 0 Å². The number of carbonyl (C=O) groups is 1. The summed E-state index contributed by atoms with van der Waals surface area (Å²) in [5.74, 6) is -0.729. The number of halogens is 1. The topological polar surface area (TPSA) is 49.3 Å². The maximum absolute atomic E-state index is 11.3. The van der Waals surface area contributed by atoms with Crippen LogP contribution in [0.2, 0.25) is 5.02 Å². The summed E-state index contributed by atoms with van der Waals surface area (Å²) in [5, 5.41) is 15.2. The molecule has 0 amide bonds. The standard InChI is InChI=1S/C12H18ClNO2S/c1-3-12(4-2,11(15)16)8-14-7-10-9(13)5-6-17-10/h5-6,14H,3-4,7-8H2,1-2H3,(H,15,16). The van der Waals surface area contributed by atoms with Gasteiger partial charge in [-0.3, -0.25) is 4.79 Å². The monoisotopic (exact) mass is 275 g/mol. The van der Waals surface area contributed by atoms with Crippen LogP contribution in [0.1, 0.15) is 31.6 Å². The van der Waals surface area contributed by atoms with Crippen molar-refractivity contribution in [2.45, 2.75) is 33.2 Å². The minimum absolute atomic E-state index is 0.476. The van der Waals surface area contributed by atoms with E-state index < -0.39 is 11.4 Å². The zero-order valence-electron chi connectivity index (χ0n) is 10.1. The van der Waals surface area contributed by atoms with E-state index in [0.717, 1.165) is 9.90 Å². The van der Waals surface area contributed by atoms with Gasteiger partial charge in [-0.2, -0.15) is 0 Å². The SMILES string of the molecule is CCC(CC)(CNCc1sccc1Cl)C(=O)O. The van der Waals surface area contributed by atoms with Crippen molar-refractivity contribution in [3.8, 4) is 0 Å². The minimum atomic E-state index is -0.729. The van der Waals surface area contributed by atoms with Crippen LogP contribution >= 0.6 is 22.9 Å². The Morgan fingerprint density at radius 3 is 2.59 bits per heavy atom. The lowest BCUT2D eigenvalue weighted by molar-refractivity contribution is -0.149. The van der Waals surface area contributed by atoms with Crippen molar-refractivity contribution in [1.29, 1.82) is 0 Å². The molecule has 17 heavy (non-hydrogen) atoms. The van der Waals surface area contributed by atoms with Gasteiger partial charge in [0.05, 0.1) is 10.4 Å². The lowest BCUT2D eigenvalue weighted by Crippen LogP contribution is -2.39. The molecule has 0 saturated carbocycles. The van der Waals surface area contributed by atoms with E-state index in [1.165, 1.54) is 0 Å². The van der Waals surface area contributed by atoms with Gasteiger partial charge in [-0.25, -0.2) is 0 Å². The first-order valence-corrected chi connectivity index (χ1v) is 6.97. The summed E-state index contributed by atoms with van der Waals surface area (Å²) in [4.78, 5) is 12.3. The fraction of sp³-hybridized carbons (Fsp3) is 0.583. The highest BCUT2D eigenvalue weighted by molar-refractivity contribution is 7.10. The number of rotatable bonds is 7.